The maximum atomic E-state index is 12.3. The Balaban J connectivity index is 2.29. The molecule has 0 aliphatic carbocycles. The van der Waals surface area contributed by atoms with E-state index in [4.69, 9.17) is 16.8 Å². The normalized spacial score (nSPS) is 12.4. The molecule has 0 saturated heterocycles. The standard InChI is InChI=1S/C15H14ClNO3S/c1-11-2-8-14(9-3-11)21(19,20)10-15(17-18)12-4-6-13(16)7-5-12/h2-9,18H,10H2,1H3/b17-15-. The fourth-order valence-corrected chi connectivity index (χ4v) is 3.25. The molecule has 21 heavy (non-hydrogen) atoms. The molecule has 0 amide bonds. The van der Waals surface area contributed by atoms with Crippen LogP contribution in [0.2, 0.25) is 5.02 Å². The number of rotatable bonds is 4. The monoisotopic (exact) mass is 323 g/mol. The summed E-state index contributed by atoms with van der Waals surface area (Å²) in [5.74, 6) is -0.381. The van der Waals surface area contributed by atoms with E-state index >= 15 is 0 Å². The lowest BCUT2D eigenvalue weighted by Crippen LogP contribution is -2.17. The van der Waals surface area contributed by atoms with Gasteiger partial charge in [-0.05, 0) is 31.2 Å². The zero-order chi connectivity index (χ0) is 15.5. The summed E-state index contributed by atoms with van der Waals surface area (Å²) in [7, 11) is -3.57. The Labute approximate surface area is 128 Å². The molecule has 6 heteroatoms. The molecule has 2 aromatic carbocycles. The van der Waals surface area contributed by atoms with Gasteiger partial charge in [-0.2, -0.15) is 0 Å². The largest absolute Gasteiger partial charge is 0.411 e. The molecule has 2 aromatic rings. The molecule has 4 nitrogen and oxygen atoms in total. The first kappa shape index (κ1) is 15.5. The number of oxime groups is 1. The first-order chi connectivity index (χ1) is 9.92. The SMILES string of the molecule is Cc1ccc(S(=O)(=O)C/C(=N/O)c2ccc(Cl)cc2)cc1. The van der Waals surface area contributed by atoms with Crippen molar-refractivity contribution < 1.29 is 13.6 Å². The van der Waals surface area contributed by atoms with E-state index in [0.717, 1.165) is 5.56 Å². The zero-order valence-corrected chi connectivity index (χ0v) is 12.9. The van der Waals surface area contributed by atoms with Gasteiger partial charge >= 0.3 is 0 Å². The smallest absolute Gasteiger partial charge is 0.184 e. The molecule has 1 N–H and O–H groups in total. The van der Waals surface area contributed by atoms with Crippen LogP contribution in [0.15, 0.2) is 58.6 Å². The third kappa shape index (κ3) is 3.83. The Hall–Kier alpha value is -1.85. The maximum Gasteiger partial charge on any atom is 0.184 e. The molecular formula is C15H14ClNO3S. The van der Waals surface area contributed by atoms with Gasteiger partial charge in [-0.3, -0.25) is 0 Å². The minimum Gasteiger partial charge on any atom is -0.411 e. The van der Waals surface area contributed by atoms with Gasteiger partial charge in [-0.15, -0.1) is 0 Å². The number of sulfone groups is 1. The van der Waals surface area contributed by atoms with E-state index in [1.165, 1.54) is 0 Å². The van der Waals surface area contributed by atoms with Crippen molar-refractivity contribution in [2.45, 2.75) is 11.8 Å². The lowest BCUT2D eigenvalue weighted by molar-refractivity contribution is 0.319. The highest BCUT2D eigenvalue weighted by Crippen LogP contribution is 2.16. The van der Waals surface area contributed by atoms with Crippen LogP contribution in [-0.4, -0.2) is 25.1 Å². The number of benzene rings is 2. The van der Waals surface area contributed by atoms with E-state index in [2.05, 4.69) is 5.16 Å². The molecular weight excluding hydrogens is 310 g/mol. The molecule has 0 aromatic heterocycles. The molecule has 0 fully saturated rings. The fourth-order valence-electron chi connectivity index (χ4n) is 1.82. The molecule has 0 atom stereocenters. The first-order valence-corrected chi connectivity index (χ1v) is 8.22. The number of hydrogen-bond donors (Lipinski definition) is 1. The van der Waals surface area contributed by atoms with Gasteiger partial charge in [0.05, 0.1) is 4.90 Å². The Morgan fingerprint density at radius 3 is 2.19 bits per heavy atom. The number of aryl methyl sites for hydroxylation is 1. The minimum atomic E-state index is -3.57. The van der Waals surface area contributed by atoms with E-state index in [0.29, 0.717) is 10.6 Å². The van der Waals surface area contributed by atoms with E-state index in [9.17, 15) is 8.42 Å². The van der Waals surface area contributed by atoms with Gasteiger partial charge in [0.15, 0.2) is 9.84 Å². The van der Waals surface area contributed by atoms with E-state index in [-0.39, 0.29) is 16.4 Å². The van der Waals surface area contributed by atoms with Gasteiger partial charge in [-0.1, -0.05) is 46.6 Å². The molecule has 110 valence electrons. The van der Waals surface area contributed by atoms with Crippen molar-refractivity contribution in [3.05, 3.63) is 64.7 Å². The molecule has 0 saturated carbocycles. The summed E-state index contributed by atoms with van der Waals surface area (Å²) in [4.78, 5) is 0.197. The summed E-state index contributed by atoms with van der Waals surface area (Å²) in [5.41, 5.74) is 1.56. The van der Waals surface area contributed by atoms with Gasteiger partial charge < -0.3 is 5.21 Å². The highest BCUT2D eigenvalue weighted by atomic mass is 35.5. The molecule has 0 radical (unpaired) electrons. The Morgan fingerprint density at radius 2 is 1.67 bits per heavy atom. The van der Waals surface area contributed by atoms with Crippen LogP contribution in [0.1, 0.15) is 11.1 Å². The van der Waals surface area contributed by atoms with Gasteiger partial charge in [0.2, 0.25) is 0 Å². The van der Waals surface area contributed by atoms with Crippen molar-refractivity contribution in [1.29, 1.82) is 0 Å². The molecule has 0 spiro atoms. The average Bonchev–Trinajstić information content (AvgIpc) is 2.46. The van der Waals surface area contributed by atoms with Crippen LogP contribution in [0.3, 0.4) is 0 Å². The van der Waals surface area contributed by atoms with Crippen LogP contribution in [0.25, 0.3) is 0 Å². The molecule has 0 bridgehead atoms. The molecule has 0 unspecified atom stereocenters. The van der Waals surface area contributed by atoms with Crippen LogP contribution in [0.4, 0.5) is 0 Å². The summed E-state index contributed by atoms with van der Waals surface area (Å²) in [6.45, 7) is 1.88. The van der Waals surface area contributed by atoms with Crippen molar-refractivity contribution in [2.24, 2.45) is 5.16 Å². The first-order valence-electron chi connectivity index (χ1n) is 6.19. The highest BCUT2D eigenvalue weighted by Gasteiger charge is 2.19. The quantitative estimate of drug-likeness (QED) is 0.533. The van der Waals surface area contributed by atoms with Crippen LogP contribution in [0.5, 0.6) is 0 Å². The van der Waals surface area contributed by atoms with Gasteiger partial charge in [-0.25, -0.2) is 8.42 Å². The topological polar surface area (TPSA) is 66.7 Å². The lowest BCUT2D eigenvalue weighted by atomic mass is 10.1. The molecule has 0 aliphatic heterocycles. The highest BCUT2D eigenvalue weighted by molar-refractivity contribution is 7.92. The van der Waals surface area contributed by atoms with Crippen LogP contribution >= 0.6 is 11.6 Å². The average molecular weight is 324 g/mol. The second-order valence-electron chi connectivity index (χ2n) is 4.63. The Kier molecular flexibility index (Phi) is 4.65. The van der Waals surface area contributed by atoms with E-state index in [1.807, 2.05) is 6.92 Å². The predicted octanol–water partition coefficient (Wildman–Crippen LogP) is 3.30. The summed E-state index contributed by atoms with van der Waals surface area (Å²) in [6, 6.07) is 13.0. The van der Waals surface area contributed by atoms with Crippen LogP contribution in [-0.2, 0) is 9.84 Å². The number of halogens is 1. The summed E-state index contributed by atoms with van der Waals surface area (Å²) in [6.07, 6.45) is 0. The van der Waals surface area contributed by atoms with Crippen molar-refractivity contribution in [3.8, 4) is 0 Å². The van der Waals surface area contributed by atoms with Gasteiger partial charge in [0.25, 0.3) is 0 Å². The van der Waals surface area contributed by atoms with E-state index < -0.39 is 9.84 Å². The molecule has 0 heterocycles. The summed E-state index contributed by atoms with van der Waals surface area (Å²) < 4.78 is 24.7. The van der Waals surface area contributed by atoms with Crippen molar-refractivity contribution in [2.75, 3.05) is 5.75 Å². The van der Waals surface area contributed by atoms with Gasteiger partial charge in [0.1, 0.15) is 11.5 Å². The summed E-state index contributed by atoms with van der Waals surface area (Å²) in [5, 5.41) is 12.7. The molecule has 2 rings (SSSR count). The number of nitrogens with zero attached hydrogens (tertiary/aromatic N) is 1. The van der Waals surface area contributed by atoms with Crippen LogP contribution < -0.4 is 0 Å². The van der Waals surface area contributed by atoms with Crippen LogP contribution in [0, 0.1) is 6.92 Å². The molecule has 0 aliphatic rings. The third-order valence-electron chi connectivity index (χ3n) is 3.00. The Morgan fingerprint density at radius 1 is 1.10 bits per heavy atom. The van der Waals surface area contributed by atoms with Crippen molar-refractivity contribution in [1.82, 2.24) is 0 Å². The lowest BCUT2D eigenvalue weighted by Gasteiger charge is -2.07. The second kappa shape index (κ2) is 6.28. The van der Waals surface area contributed by atoms with E-state index in [1.54, 1.807) is 48.5 Å². The number of hydrogen-bond acceptors (Lipinski definition) is 4. The van der Waals surface area contributed by atoms with Crippen molar-refractivity contribution >= 4 is 27.1 Å². The zero-order valence-electron chi connectivity index (χ0n) is 11.3. The van der Waals surface area contributed by atoms with Gasteiger partial charge in [0, 0.05) is 10.6 Å². The second-order valence-corrected chi connectivity index (χ2v) is 7.05. The fraction of sp³-hybridized carbons (Fsp3) is 0.133. The minimum absolute atomic E-state index is 0.0761. The maximum absolute atomic E-state index is 12.3. The van der Waals surface area contributed by atoms with Crippen molar-refractivity contribution in [3.63, 3.8) is 0 Å². The third-order valence-corrected chi connectivity index (χ3v) is 4.90. The predicted molar refractivity (Wildman–Crippen MR) is 83.0 cm³/mol. The summed E-state index contributed by atoms with van der Waals surface area (Å²) >= 11 is 5.78. The Bertz CT molecular complexity index is 751.